The van der Waals surface area contributed by atoms with Crippen LogP contribution in [0, 0.1) is 0 Å². The Balaban J connectivity index is 2.40. The predicted octanol–water partition coefficient (Wildman–Crippen LogP) is 5.04. The lowest BCUT2D eigenvalue weighted by Crippen LogP contribution is -2.43. The van der Waals surface area contributed by atoms with E-state index in [9.17, 15) is 8.42 Å². The third kappa shape index (κ3) is 6.40. The topological polar surface area (TPSA) is 43.4 Å². The van der Waals surface area contributed by atoms with E-state index in [-0.39, 0.29) is 16.9 Å². The Morgan fingerprint density at radius 2 is 1.65 bits per heavy atom. The van der Waals surface area contributed by atoms with Crippen LogP contribution >= 0.6 is 0 Å². The Bertz CT molecular complexity index is 574. The molecule has 0 aliphatic heterocycles. The summed E-state index contributed by atoms with van der Waals surface area (Å²) in [5.41, 5.74) is 0. The lowest BCUT2D eigenvalue weighted by molar-refractivity contribution is 0.186. The molecule has 0 amide bonds. The summed E-state index contributed by atoms with van der Waals surface area (Å²) in [5, 5.41) is 0.206. The second-order valence-electron chi connectivity index (χ2n) is 7.82. The monoisotopic (exact) mass is 356 g/mol. The third-order valence-electron chi connectivity index (χ3n) is 4.68. The van der Waals surface area contributed by atoms with Gasteiger partial charge in [0.15, 0.2) is 18.2 Å². The molecule has 0 aromatic heterocycles. The molecule has 0 aliphatic rings. The zero-order chi connectivity index (χ0) is 17.7. The highest BCUT2D eigenvalue weighted by Gasteiger charge is 2.38. The summed E-state index contributed by atoms with van der Waals surface area (Å²) < 4.78 is 30.7. The van der Waals surface area contributed by atoms with Crippen molar-refractivity contribution in [2.75, 3.05) is 5.75 Å². The lowest BCUT2D eigenvalue weighted by atomic mass is 10.2. The van der Waals surface area contributed by atoms with Crippen molar-refractivity contribution < 1.29 is 12.8 Å². The van der Waals surface area contributed by atoms with Gasteiger partial charge in [0.2, 0.25) is 0 Å². The summed E-state index contributed by atoms with van der Waals surface area (Å²) in [7, 11) is -4.88. The molecule has 0 heterocycles. The van der Waals surface area contributed by atoms with E-state index in [2.05, 4.69) is 40.8 Å². The molecule has 1 aromatic carbocycles. The van der Waals surface area contributed by atoms with E-state index in [1.54, 1.807) is 24.3 Å². The molecule has 132 valence electrons. The molecule has 0 N–H and O–H groups in total. The molecule has 0 spiro atoms. The van der Waals surface area contributed by atoms with E-state index in [0.717, 1.165) is 12.8 Å². The quantitative estimate of drug-likeness (QED) is 0.484. The van der Waals surface area contributed by atoms with Gasteiger partial charge in [0, 0.05) is 6.10 Å². The molecular weight excluding hydrogens is 324 g/mol. The fourth-order valence-electron chi connectivity index (χ4n) is 2.21. The average Bonchev–Trinajstić information content (AvgIpc) is 2.43. The highest BCUT2D eigenvalue weighted by molar-refractivity contribution is 7.91. The highest BCUT2D eigenvalue weighted by Crippen LogP contribution is 2.37. The minimum atomic E-state index is -3.15. The van der Waals surface area contributed by atoms with Crippen molar-refractivity contribution in [3.63, 3.8) is 0 Å². The van der Waals surface area contributed by atoms with Crippen LogP contribution in [0.2, 0.25) is 18.1 Å². The number of hydrogen-bond acceptors (Lipinski definition) is 3. The minimum Gasteiger partial charge on any atom is -0.414 e. The average molecular weight is 357 g/mol. The Hall–Kier alpha value is -0.653. The molecule has 0 radical (unpaired) electrons. The van der Waals surface area contributed by atoms with Crippen molar-refractivity contribution in [2.24, 2.45) is 0 Å². The van der Waals surface area contributed by atoms with Gasteiger partial charge >= 0.3 is 0 Å². The highest BCUT2D eigenvalue weighted by atomic mass is 32.2. The third-order valence-corrected chi connectivity index (χ3v) is 11.1. The predicted molar refractivity (Wildman–Crippen MR) is 100 cm³/mol. The minimum absolute atomic E-state index is 0.190. The maximum absolute atomic E-state index is 12.2. The van der Waals surface area contributed by atoms with Crippen LogP contribution in [0.25, 0.3) is 0 Å². The van der Waals surface area contributed by atoms with Crippen molar-refractivity contribution >= 4 is 18.2 Å². The molecule has 3 nitrogen and oxygen atoms in total. The SMILES string of the molecule is C[C@H](CCCCS(=O)(=O)c1ccccc1)O[Si](C)(C)C(C)(C)C. The molecule has 0 saturated heterocycles. The van der Waals surface area contributed by atoms with E-state index >= 15 is 0 Å². The van der Waals surface area contributed by atoms with E-state index < -0.39 is 18.2 Å². The number of benzene rings is 1. The van der Waals surface area contributed by atoms with Crippen LogP contribution in [0.1, 0.15) is 47.0 Å². The Labute approximate surface area is 143 Å². The molecule has 23 heavy (non-hydrogen) atoms. The number of unbranched alkanes of at least 4 members (excludes halogenated alkanes) is 1. The first kappa shape index (κ1) is 20.4. The van der Waals surface area contributed by atoms with Gasteiger partial charge in [-0.05, 0) is 56.5 Å². The van der Waals surface area contributed by atoms with Crippen molar-refractivity contribution in [3.05, 3.63) is 30.3 Å². The van der Waals surface area contributed by atoms with E-state index in [1.165, 1.54) is 0 Å². The Morgan fingerprint density at radius 3 is 2.17 bits per heavy atom. The molecule has 1 aromatic rings. The zero-order valence-electron chi connectivity index (χ0n) is 15.4. The first-order valence-electron chi connectivity index (χ1n) is 8.41. The molecule has 0 aliphatic carbocycles. The van der Waals surface area contributed by atoms with Crippen LogP contribution in [0.4, 0.5) is 0 Å². The van der Waals surface area contributed by atoms with Crippen LogP contribution in [0.3, 0.4) is 0 Å². The van der Waals surface area contributed by atoms with Gasteiger partial charge in [-0.1, -0.05) is 39.0 Å². The van der Waals surface area contributed by atoms with Crippen molar-refractivity contribution in [2.45, 2.75) is 76.1 Å². The molecule has 0 fully saturated rings. The number of rotatable bonds is 8. The maximum atomic E-state index is 12.2. The summed E-state index contributed by atoms with van der Waals surface area (Å²) in [5.74, 6) is 0.212. The van der Waals surface area contributed by atoms with Gasteiger partial charge < -0.3 is 4.43 Å². The van der Waals surface area contributed by atoms with Gasteiger partial charge in [-0.15, -0.1) is 0 Å². The van der Waals surface area contributed by atoms with Crippen LogP contribution in [-0.4, -0.2) is 28.6 Å². The van der Waals surface area contributed by atoms with Crippen molar-refractivity contribution in [3.8, 4) is 0 Å². The first-order chi connectivity index (χ1) is 10.5. The van der Waals surface area contributed by atoms with Crippen LogP contribution in [-0.2, 0) is 14.3 Å². The first-order valence-corrected chi connectivity index (χ1v) is 13.0. The van der Waals surface area contributed by atoms with Crippen LogP contribution < -0.4 is 0 Å². The summed E-state index contributed by atoms with van der Waals surface area (Å²) in [6.07, 6.45) is 2.66. The van der Waals surface area contributed by atoms with Crippen molar-refractivity contribution in [1.29, 1.82) is 0 Å². The van der Waals surface area contributed by atoms with Crippen molar-refractivity contribution in [1.82, 2.24) is 0 Å². The van der Waals surface area contributed by atoms with E-state index in [1.807, 2.05) is 6.07 Å². The van der Waals surface area contributed by atoms with Gasteiger partial charge in [0.1, 0.15) is 0 Å². The summed E-state index contributed by atoms with van der Waals surface area (Å²) in [4.78, 5) is 0.422. The fourth-order valence-corrected chi connectivity index (χ4v) is 5.08. The number of sulfone groups is 1. The normalized spacial score (nSPS) is 14.7. The second-order valence-corrected chi connectivity index (χ2v) is 14.7. The standard InChI is InChI=1S/C18H32O3SSi/c1-16(21-23(5,6)18(2,3)4)12-10-11-15-22(19,20)17-13-8-7-9-14-17/h7-9,13-14,16H,10-12,15H2,1-6H3/t16-/m1/s1. The molecule has 0 saturated carbocycles. The molecule has 1 rings (SSSR count). The lowest BCUT2D eigenvalue weighted by Gasteiger charge is -2.38. The van der Waals surface area contributed by atoms with Gasteiger partial charge in [-0.3, -0.25) is 0 Å². The molecular formula is C18H32O3SSi. The van der Waals surface area contributed by atoms with Crippen LogP contribution in [0.5, 0.6) is 0 Å². The molecule has 5 heteroatoms. The summed E-state index contributed by atoms with van der Waals surface area (Å²) in [6, 6.07) is 8.69. The zero-order valence-corrected chi connectivity index (χ0v) is 17.2. The summed E-state index contributed by atoms with van der Waals surface area (Å²) >= 11 is 0. The van der Waals surface area contributed by atoms with Gasteiger partial charge in [0.25, 0.3) is 0 Å². The largest absolute Gasteiger partial charge is 0.414 e. The van der Waals surface area contributed by atoms with Gasteiger partial charge in [-0.25, -0.2) is 8.42 Å². The molecule has 0 bridgehead atoms. The van der Waals surface area contributed by atoms with Gasteiger partial charge in [-0.2, -0.15) is 0 Å². The fraction of sp³-hybridized carbons (Fsp3) is 0.667. The van der Waals surface area contributed by atoms with E-state index in [0.29, 0.717) is 11.3 Å². The van der Waals surface area contributed by atoms with Crippen LogP contribution in [0.15, 0.2) is 35.2 Å². The number of hydrogen-bond donors (Lipinski definition) is 0. The van der Waals surface area contributed by atoms with Gasteiger partial charge in [0.05, 0.1) is 10.6 Å². The Kier molecular flexibility index (Phi) is 7.05. The molecule has 0 unspecified atom stereocenters. The smallest absolute Gasteiger partial charge is 0.192 e. The second kappa shape index (κ2) is 7.95. The molecule has 1 atom stereocenters. The summed E-state index contributed by atoms with van der Waals surface area (Å²) in [6.45, 7) is 13.3. The Morgan fingerprint density at radius 1 is 1.09 bits per heavy atom. The van der Waals surface area contributed by atoms with E-state index in [4.69, 9.17) is 4.43 Å². The maximum Gasteiger partial charge on any atom is 0.192 e.